The summed E-state index contributed by atoms with van der Waals surface area (Å²) in [5.74, 6) is -0.308. The maximum atomic E-state index is 12.4. The lowest BCUT2D eigenvalue weighted by molar-refractivity contribution is -0.116. The van der Waals surface area contributed by atoms with Crippen LogP contribution in [0, 0.1) is 0 Å². The molecule has 2 aromatic carbocycles. The molecule has 0 saturated heterocycles. The molecule has 0 aliphatic carbocycles. The SMILES string of the molecule is O=C(Cn1cnc2ccc(Cl)cc2c1=O)Nc1ccc(Br)cc1. The van der Waals surface area contributed by atoms with Gasteiger partial charge < -0.3 is 5.32 Å². The van der Waals surface area contributed by atoms with Crippen molar-refractivity contribution in [1.29, 1.82) is 0 Å². The van der Waals surface area contributed by atoms with E-state index >= 15 is 0 Å². The summed E-state index contributed by atoms with van der Waals surface area (Å²) in [7, 11) is 0. The first kappa shape index (κ1) is 15.7. The van der Waals surface area contributed by atoms with Gasteiger partial charge >= 0.3 is 0 Å². The van der Waals surface area contributed by atoms with E-state index in [2.05, 4.69) is 26.2 Å². The number of nitrogens with zero attached hydrogens (tertiary/aromatic N) is 2. The highest BCUT2D eigenvalue weighted by Crippen LogP contribution is 2.15. The molecule has 116 valence electrons. The molecule has 1 amide bonds. The van der Waals surface area contributed by atoms with Gasteiger partial charge in [-0.2, -0.15) is 0 Å². The lowest BCUT2D eigenvalue weighted by atomic mass is 10.2. The van der Waals surface area contributed by atoms with E-state index in [4.69, 9.17) is 11.6 Å². The van der Waals surface area contributed by atoms with Gasteiger partial charge in [0.2, 0.25) is 5.91 Å². The Morgan fingerprint density at radius 1 is 1.22 bits per heavy atom. The smallest absolute Gasteiger partial charge is 0.261 e. The molecule has 0 aliphatic rings. The minimum Gasteiger partial charge on any atom is -0.325 e. The third-order valence-corrected chi connectivity index (χ3v) is 3.99. The normalized spacial score (nSPS) is 10.7. The Bertz CT molecular complexity index is 938. The van der Waals surface area contributed by atoms with E-state index in [0.717, 1.165) is 4.47 Å². The number of fused-ring (bicyclic) bond motifs is 1. The van der Waals surface area contributed by atoms with Crippen molar-refractivity contribution in [3.8, 4) is 0 Å². The zero-order chi connectivity index (χ0) is 16.4. The first-order valence-electron chi connectivity index (χ1n) is 6.73. The Labute approximate surface area is 145 Å². The second-order valence-electron chi connectivity index (χ2n) is 4.89. The van der Waals surface area contributed by atoms with Gasteiger partial charge in [-0.3, -0.25) is 14.2 Å². The number of halogens is 2. The monoisotopic (exact) mass is 391 g/mol. The van der Waals surface area contributed by atoms with Crippen LogP contribution >= 0.6 is 27.5 Å². The van der Waals surface area contributed by atoms with Crippen LogP contribution in [0.25, 0.3) is 10.9 Å². The highest BCUT2D eigenvalue weighted by molar-refractivity contribution is 9.10. The molecule has 0 fully saturated rings. The minimum atomic E-state index is -0.308. The predicted molar refractivity (Wildman–Crippen MR) is 93.8 cm³/mol. The molecule has 0 aliphatic heterocycles. The average Bonchev–Trinajstić information content (AvgIpc) is 2.53. The largest absolute Gasteiger partial charge is 0.325 e. The summed E-state index contributed by atoms with van der Waals surface area (Å²) in [5.41, 5.74) is 0.899. The van der Waals surface area contributed by atoms with Crippen LogP contribution in [0.3, 0.4) is 0 Å². The number of carbonyl (C=O) groups excluding carboxylic acids is 1. The van der Waals surface area contributed by atoms with Gasteiger partial charge in [0, 0.05) is 15.2 Å². The van der Waals surface area contributed by atoms with Crippen molar-refractivity contribution in [1.82, 2.24) is 9.55 Å². The van der Waals surface area contributed by atoms with Gasteiger partial charge in [-0.25, -0.2) is 4.98 Å². The molecule has 1 N–H and O–H groups in total. The Morgan fingerprint density at radius 2 is 1.96 bits per heavy atom. The summed E-state index contributed by atoms with van der Waals surface area (Å²) in [6.07, 6.45) is 1.36. The van der Waals surface area contributed by atoms with Gasteiger partial charge in [0.1, 0.15) is 6.54 Å². The van der Waals surface area contributed by atoms with E-state index in [1.54, 1.807) is 30.3 Å². The molecular weight excluding hydrogens is 382 g/mol. The Balaban J connectivity index is 1.83. The van der Waals surface area contributed by atoms with Gasteiger partial charge in [0.15, 0.2) is 0 Å². The molecule has 3 rings (SSSR count). The van der Waals surface area contributed by atoms with Crippen molar-refractivity contribution in [2.45, 2.75) is 6.54 Å². The van der Waals surface area contributed by atoms with Gasteiger partial charge in [-0.15, -0.1) is 0 Å². The third-order valence-electron chi connectivity index (χ3n) is 3.23. The number of hydrogen-bond acceptors (Lipinski definition) is 3. The van der Waals surface area contributed by atoms with E-state index in [0.29, 0.717) is 21.6 Å². The van der Waals surface area contributed by atoms with E-state index in [1.807, 2.05) is 12.1 Å². The van der Waals surface area contributed by atoms with Gasteiger partial charge in [-0.1, -0.05) is 27.5 Å². The van der Waals surface area contributed by atoms with E-state index in [-0.39, 0.29) is 18.0 Å². The van der Waals surface area contributed by atoms with Gasteiger partial charge in [0.05, 0.1) is 17.2 Å². The summed E-state index contributed by atoms with van der Waals surface area (Å²) in [6.45, 7) is -0.121. The zero-order valence-electron chi connectivity index (χ0n) is 11.8. The summed E-state index contributed by atoms with van der Waals surface area (Å²) in [4.78, 5) is 28.6. The molecule has 7 heteroatoms. The Kier molecular flexibility index (Phi) is 4.45. The van der Waals surface area contributed by atoms with Crippen LogP contribution < -0.4 is 10.9 Å². The lowest BCUT2D eigenvalue weighted by Crippen LogP contribution is -2.27. The second-order valence-corrected chi connectivity index (χ2v) is 6.25. The molecule has 1 aromatic heterocycles. The number of benzene rings is 2. The van der Waals surface area contributed by atoms with Crippen LogP contribution in [0.15, 0.2) is 58.1 Å². The van der Waals surface area contributed by atoms with Crippen molar-refractivity contribution in [3.05, 3.63) is 68.6 Å². The Hall–Kier alpha value is -2.18. The van der Waals surface area contributed by atoms with E-state index < -0.39 is 0 Å². The fourth-order valence-corrected chi connectivity index (χ4v) is 2.57. The van der Waals surface area contributed by atoms with Crippen molar-refractivity contribution in [3.63, 3.8) is 0 Å². The van der Waals surface area contributed by atoms with Crippen LogP contribution in [-0.2, 0) is 11.3 Å². The highest BCUT2D eigenvalue weighted by atomic mass is 79.9. The van der Waals surface area contributed by atoms with Crippen molar-refractivity contribution < 1.29 is 4.79 Å². The molecule has 0 radical (unpaired) electrons. The summed E-state index contributed by atoms with van der Waals surface area (Å²) >= 11 is 9.24. The number of rotatable bonds is 3. The molecule has 5 nitrogen and oxygen atoms in total. The average molecular weight is 393 g/mol. The molecule has 0 spiro atoms. The number of aromatic nitrogens is 2. The first-order valence-corrected chi connectivity index (χ1v) is 7.90. The molecule has 0 saturated carbocycles. The number of amides is 1. The van der Waals surface area contributed by atoms with Crippen molar-refractivity contribution >= 4 is 50.0 Å². The topological polar surface area (TPSA) is 64.0 Å². The van der Waals surface area contributed by atoms with Crippen LogP contribution in [0.5, 0.6) is 0 Å². The van der Waals surface area contributed by atoms with Crippen LogP contribution in [-0.4, -0.2) is 15.5 Å². The predicted octanol–water partition coefficient (Wildman–Crippen LogP) is 3.45. The summed E-state index contributed by atoms with van der Waals surface area (Å²) in [5, 5.41) is 3.57. The highest BCUT2D eigenvalue weighted by Gasteiger charge is 2.09. The van der Waals surface area contributed by atoms with Crippen LogP contribution in [0.4, 0.5) is 5.69 Å². The Morgan fingerprint density at radius 3 is 2.70 bits per heavy atom. The molecule has 0 atom stereocenters. The number of anilines is 1. The second kappa shape index (κ2) is 6.52. The van der Waals surface area contributed by atoms with E-state index in [9.17, 15) is 9.59 Å². The molecular formula is C16H11BrClN3O2. The zero-order valence-corrected chi connectivity index (χ0v) is 14.1. The third kappa shape index (κ3) is 3.60. The van der Waals surface area contributed by atoms with Crippen molar-refractivity contribution in [2.24, 2.45) is 0 Å². The molecule has 23 heavy (non-hydrogen) atoms. The first-order chi connectivity index (χ1) is 11.0. The molecule has 3 aromatic rings. The quantitative estimate of drug-likeness (QED) is 0.742. The van der Waals surface area contributed by atoms with E-state index in [1.165, 1.54) is 10.9 Å². The fourth-order valence-electron chi connectivity index (χ4n) is 2.13. The molecule has 0 unspecified atom stereocenters. The van der Waals surface area contributed by atoms with Crippen LogP contribution in [0.1, 0.15) is 0 Å². The summed E-state index contributed by atoms with van der Waals surface area (Å²) < 4.78 is 2.18. The van der Waals surface area contributed by atoms with Crippen LogP contribution in [0.2, 0.25) is 5.02 Å². The van der Waals surface area contributed by atoms with Gasteiger partial charge in [0.25, 0.3) is 5.56 Å². The summed E-state index contributed by atoms with van der Waals surface area (Å²) in [6, 6.07) is 12.1. The number of hydrogen-bond donors (Lipinski definition) is 1. The van der Waals surface area contributed by atoms with Crippen molar-refractivity contribution in [2.75, 3.05) is 5.32 Å². The number of nitrogens with one attached hydrogen (secondary N) is 1. The minimum absolute atomic E-state index is 0.121. The fraction of sp³-hybridized carbons (Fsp3) is 0.0625. The lowest BCUT2D eigenvalue weighted by Gasteiger charge is -2.08. The maximum Gasteiger partial charge on any atom is 0.261 e. The van der Waals surface area contributed by atoms with Gasteiger partial charge in [-0.05, 0) is 42.5 Å². The standard InChI is InChI=1S/C16H11BrClN3O2/c17-10-1-4-12(5-2-10)20-15(22)8-21-9-19-14-6-3-11(18)7-13(14)16(21)23/h1-7,9H,8H2,(H,20,22). The molecule has 0 bridgehead atoms. The molecule has 1 heterocycles. The number of carbonyl (C=O) groups is 1. The maximum absolute atomic E-state index is 12.4.